The first kappa shape index (κ1) is 9.38. The molecule has 0 fully saturated rings. The van der Waals surface area contributed by atoms with Crippen LogP contribution >= 0.6 is 0 Å². The molecule has 2 aromatic rings. The fourth-order valence-electron chi connectivity index (χ4n) is 1.39. The smallest absolute Gasteiger partial charge is 0.291 e. The SMILES string of the molecule is Cn1c(=O)c2cnc(=O)[nH]c2n(C)c1=O. The predicted octanol–water partition coefficient (Wildman–Crippen LogP) is -1.68. The summed E-state index contributed by atoms with van der Waals surface area (Å²) in [6.45, 7) is 0. The lowest BCUT2D eigenvalue weighted by Crippen LogP contribution is -2.38. The van der Waals surface area contributed by atoms with E-state index >= 15 is 0 Å². The summed E-state index contributed by atoms with van der Waals surface area (Å²) in [5, 5.41) is 0.208. The van der Waals surface area contributed by atoms with Gasteiger partial charge in [0.05, 0.1) is 5.39 Å². The van der Waals surface area contributed by atoms with Gasteiger partial charge in [-0.2, -0.15) is 0 Å². The molecule has 2 rings (SSSR count). The second kappa shape index (κ2) is 2.91. The zero-order valence-electron chi connectivity index (χ0n) is 8.14. The van der Waals surface area contributed by atoms with Crippen molar-refractivity contribution in [2.24, 2.45) is 14.1 Å². The third kappa shape index (κ3) is 1.20. The van der Waals surface area contributed by atoms with Crippen LogP contribution in [-0.4, -0.2) is 19.1 Å². The molecule has 0 spiro atoms. The Labute approximate surface area is 82.6 Å². The number of aromatic amines is 1. The van der Waals surface area contributed by atoms with Crippen LogP contribution in [0.1, 0.15) is 0 Å². The third-order valence-corrected chi connectivity index (χ3v) is 2.24. The van der Waals surface area contributed by atoms with Crippen molar-refractivity contribution in [3.8, 4) is 0 Å². The molecule has 0 aromatic carbocycles. The van der Waals surface area contributed by atoms with E-state index in [1.807, 2.05) is 0 Å². The molecule has 0 saturated carbocycles. The maximum Gasteiger partial charge on any atom is 0.346 e. The molecule has 0 aliphatic rings. The van der Waals surface area contributed by atoms with Crippen LogP contribution in [0.3, 0.4) is 0 Å². The Hall–Kier alpha value is -2.18. The summed E-state index contributed by atoms with van der Waals surface area (Å²) in [7, 11) is 2.84. The molecule has 7 nitrogen and oxygen atoms in total. The monoisotopic (exact) mass is 208 g/mol. The van der Waals surface area contributed by atoms with Gasteiger partial charge in [-0.15, -0.1) is 0 Å². The van der Waals surface area contributed by atoms with Gasteiger partial charge >= 0.3 is 11.4 Å². The van der Waals surface area contributed by atoms with Crippen molar-refractivity contribution in [2.45, 2.75) is 0 Å². The number of H-pyrrole nitrogens is 1. The van der Waals surface area contributed by atoms with Crippen molar-refractivity contribution in [3.05, 3.63) is 37.5 Å². The number of nitrogens with zero attached hydrogens (tertiary/aromatic N) is 3. The molecule has 0 unspecified atom stereocenters. The molecule has 15 heavy (non-hydrogen) atoms. The fourth-order valence-corrected chi connectivity index (χ4v) is 1.39. The first-order chi connectivity index (χ1) is 7.02. The van der Waals surface area contributed by atoms with Gasteiger partial charge in [-0.25, -0.2) is 14.6 Å². The van der Waals surface area contributed by atoms with E-state index in [1.54, 1.807) is 0 Å². The lowest BCUT2D eigenvalue weighted by molar-refractivity contribution is 0.704. The van der Waals surface area contributed by atoms with Gasteiger partial charge in [-0.3, -0.25) is 18.9 Å². The molecule has 2 aromatic heterocycles. The van der Waals surface area contributed by atoms with Crippen LogP contribution in [-0.2, 0) is 14.1 Å². The van der Waals surface area contributed by atoms with E-state index in [-0.39, 0.29) is 11.0 Å². The van der Waals surface area contributed by atoms with Crippen LogP contribution in [0.5, 0.6) is 0 Å². The summed E-state index contributed by atoms with van der Waals surface area (Å²) in [6.07, 6.45) is 1.16. The lowest BCUT2D eigenvalue weighted by Gasteiger charge is -2.05. The van der Waals surface area contributed by atoms with Crippen LogP contribution < -0.4 is 16.9 Å². The minimum atomic E-state index is -0.592. The minimum absolute atomic E-state index is 0.183. The standard InChI is InChI=1S/C8H8N4O3/c1-11-5-4(3-9-7(14)10-5)6(13)12(2)8(11)15/h3H,1-2H3,(H,9,10,14). The summed E-state index contributed by atoms with van der Waals surface area (Å²) < 4.78 is 2.15. The number of aryl methyl sites for hydroxylation is 1. The summed E-state index contributed by atoms with van der Waals surface area (Å²) in [4.78, 5) is 39.8. The van der Waals surface area contributed by atoms with Gasteiger partial charge in [0.25, 0.3) is 5.56 Å². The summed E-state index contributed by atoms with van der Waals surface area (Å²) in [5.74, 6) is 0. The molecule has 0 aliphatic carbocycles. The summed E-state index contributed by atoms with van der Waals surface area (Å²) in [6, 6.07) is 0. The molecule has 0 aliphatic heterocycles. The minimum Gasteiger partial charge on any atom is -0.291 e. The Kier molecular flexibility index (Phi) is 1.82. The van der Waals surface area contributed by atoms with Crippen LogP contribution in [0.2, 0.25) is 0 Å². The van der Waals surface area contributed by atoms with Gasteiger partial charge in [-0.05, 0) is 0 Å². The molecular weight excluding hydrogens is 200 g/mol. The van der Waals surface area contributed by atoms with Gasteiger partial charge < -0.3 is 0 Å². The zero-order valence-corrected chi connectivity index (χ0v) is 8.14. The number of fused-ring (bicyclic) bond motifs is 1. The van der Waals surface area contributed by atoms with E-state index in [2.05, 4.69) is 9.97 Å². The molecule has 0 radical (unpaired) electrons. The zero-order chi connectivity index (χ0) is 11.2. The Bertz CT molecular complexity index is 706. The highest BCUT2D eigenvalue weighted by Crippen LogP contribution is 1.96. The van der Waals surface area contributed by atoms with Crippen LogP contribution in [0.15, 0.2) is 20.6 Å². The van der Waals surface area contributed by atoms with Gasteiger partial charge in [0, 0.05) is 20.3 Å². The van der Waals surface area contributed by atoms with Gasteiger partial charge in [0.15, 0.2) is 0 Å². The molecule has 0 atom stereocenters. The first-order valence-corrected chi connectivity index (χ1v) is 4.17. The topological polar surface area (TPSA) is 89.8 Å². The molecule has 0 saturated heterocycles. The van der Waals surface area contributed by atoms with Crippen molar-refractivity contribution in [2.75, 3.05) is 0 Å². The Morgan fingerprint density at radius 1 is 1.20 bits per heavy atom. The van der Waals surface area contributed by atoms with Gasteiger partial charge in [-0.1, -0.05) is 0 Å². The normalized spacial score (nSPS) is 10.8. The second-order valence-corrected chi connectivity index (χ2v) is 3.16. The predicted molar refractivity (Wildman–Crippen MR) is 52.8 cm³/mol. The highest BCUT2D eigenvalue weighted by Gasteiger charge is 2.08. The maximum atomic E-state index is 11.6. The Morgan fingerprint density at radius 3 is 2.53 bits per heavy atom. The Morgan fingerprint density at radius 2 is 1.87 bits per heavy atom. The molecule has 2 heterocycles. The van der Waals surface area contributed by atoms with Crippen molar-refractivity contribution in [1.29, 1.82) is 0 Å². The highest BCUT2D eigenvalue weighted by atomic mass is 16.2. The summed E-state index contributed by atoms with van der Waals surface area (Å²) >= 11 is 0. The number of aromatic nitrogens is 4. The maximum absolute atomic E-state index is 11.6. The van der Waals surface area contributed by atoms with Crippen molar-refractivity contribution < 1.29 is 0 Å². The average molecular weight is 208 g/mol. The van der Waals surface area contributed by atoms with E-state index in [1.165, 1.54) is 18.7 Å². The first-order valence-electron chi connectivity index (χ1n) is 4.17. The van der Waals surface area contributed by atoms with Crippen LogP contribution in [0.25, 0.3) is 11.0 Å². The largest absolute Gasteiger partial charge is 0.346 e. The van der Waals surface area contributed by atoms with E-state index in [9.17, 15) is 14.4 Å². The van der Waals surface area contributed by atoms with E-state index in [4.69, 9.17) is 0 Å². The number of hydrogen-bond donors (Lipinski definition) is 1. The summed E-state index contributed by atoms with van der Waals surface area (Å²) in [5.41, 5.74) is -1.37. The van der Waals surface area contributed by atoms with Crippen molar-refractivity contribution >= 4 is 11.0 Å². The average Bonchev–Trinajstić information content (AvgIpc) is 2.23. The van der Waals surface area contributed by atoms with E-state index in [0.29, 0.717) is 0 Å². The van der Waals surface area contributed by atoms with Crippen LogP contribution in [0.4, 0.5) is 0 Å². The van der Waals surface area contributed by atoms with Crippen LogP contribution in [0, 0.1) is 0 Å². The fraction of sp³-hybridized carbons (Fsp3) is 0.250. The van der Waals surface area contributed by atoms with E-state index in [0.717, 1.165) is 10.8 Å². The van der Waals surface area contributed by atoms with Crippen molar-refractivity contribution in [3.63, 3.8) is 0 Å². The molecule has 0 amide bonds. The number of rotatable bonds is 0. The number of hydrogen-bond acceptors (Lipinski definition) is 4. The van der Waals surface area contributed by atoms with Gasteiger partial charge in [0.2, 0.25) is 0 Å². The Balaban J connectivity index is 3.22. The van der Waals surface area contributed by atoms with Gasteiger partial charge in [0.1, 0.15) is 5.65 Å². The highest BCUT2D eigenvalue weighted by molar-refractivity contribution is 5.72. The lowest BCUT2D eigenvalue weighted by atomic mass is 10.4. The second-order valence-electron chi connectivity index (χ2n) is 3.16. The van der Waals surface area contributed by atoms with E-state index < -0.39 is 16.9 Å². The molecule has 1 N–H and O–H groups in total. The molecule has 7 heteroatoms. The van der Waals surface area contributed by atoms with Crippen molar-refractivity contribution in [1.82, 2.24) is 19.1 Å². The molecule has 78 valence electrons. The quantitative estimate of drug-likeness (QED) is 0.560. The third-order valence-electron chi connectivity index (χ3n) is 2.24. The molecular formula is C8H8N4O3. The number of nitrogens with one attached hydrogen (secondary N) is 1. The molecule has 0 bridgehead atoms.